The molecule has 0 saturated carbocycles. The van der Waals surface area contributed by atoms with Crippen LogP contribution >= 0.6 is 0 Å². The molecule has 1 unspecified atom stereocenters. The highest BCUT2D eigenvalue weighted by molar-refractivity contribution is 6.13. The SMILES string of the molecule is COc1ccc(N)c(NC(=O)C2CCN(c3ccc(C(C)C)cc3)C2=O)c1. The van der Waals surface area contributed by atoms with Gasteiger partial charge in [0, 0.05) is 18.3 Å². The van der Waals surface area contributed by atoms with Gasteiger partial charge >= 0.3 is 0 Å². The summed E-state index contributed by atoms with van der Waals surface area (Å²) in [6, 6.07) is 13.0. The zero-order valence-electron chi connectivity index (χ0n) is 15.9. The molecule has 6 heteroatoms. The van der Waals surface area contributed by atoms with Gasteiger partial charge in [-0.2, -0.15) is 0 Å². The largest absolute Gasteiger partial charge is 0.497 e. The van der Waals surface area contributed by atoms with Gasteiger partial charge in [0.1, 0.15) is 11.7 Å². The molecule has 1 atom stereocenters. The van der Waals surface area contributed by atoms with Crippen LogP contribution in [0.1, 0.15) is 31.7 Å². The predicted octanol–water partition coefficient (Wildman–Crippen LogP) is 3.39. The van der Waals surface area contributed by atoms with Crippen molar-refractivity contribution >= 4 is 28.9 Å². The van der Waals surface area contributed by atoms with Gasteiger partial charge in [-0.3, -0.25) is 9.59 Å². The molecule has 0 radical (unpaired) electrons. The number of methoxy groups -OCH3 is 1. The molecule has 6 nitrogen and oxygen atoms in total. The van der Waals surface area contributed by atoms with Crippen molar-refractivity contribution in [3.05, 3.63) is 48.0 Å². The summed E-state index contributed by atoms with van der Waals surface area (Å²) in [5.74, 6) is -0.239. The number of carbonyl (C=O) groups excluding carboxylic acids is 2. The van der Waals surface area contributed by atoms with E-state index in [1.165, 1.54) is 5.56 Å². The minimum absolute atomic E-state index is 0.189. The second kappa shape index (κ2) is 7.70. The third-order valence-electron chi connectivity index (χ3n) is 4.91. The Labute approximate surface area is 159 Å². The molecule has 0 aliphatic carbocycles. The number of benzene rings is 2. The van der Waals surface area contributed by atoms with Crippen LogP contribution in [-0.2, 0) is 9.59 Å². The van der Waals surface area contributed by atoms with Crippen LogP contribution in [-0.4, -0.2) is 25.5 Å². The van der Waals surface area contributed by atoms with Crippen molar-refractivity contribution in [2.45, 2.75) is 26.2 Å². The first-order valence-corrected chi connectivity index (χ1v) is 9.06. The van der Waals surface area contributed by atoms with Crippen LogP contribution in [0.25, 0.3) is 0 Å². The Bertz CT molecular complexity index is 846. The van der Waals surface area contributed by atoms with Gasteiger partial charge in [0.2, 0.25) is 11.8 Å². The molecule has 3 N–H and O–H groups in total. The molecular weight excluding hydrogens is 342 g/mol. The van der Waals surface area contributed by atoms with Gasteiger partial charge in [0.15, 0.2) is 0 Å². The highest BCUT2D eigenvalue weighted by atomic mass is 16.5. The zero-order valence-corrected chi connectivity index (χ0v) is 15.9. The molecule has 2 aromatic rings. The molecule has 3 rings (SSSR count). The van der Waals surface area contributed by atoms with Gasteiger partial charge < -0.3 is 20.7 Å². The molecule has 1 heterocycles. The summed E-state index contributed by atoms with van der Waals surface area (Å²) in [5, 5.41) is 2.76. The lowest BCUT2D eigenvalue weighted by Gasteiger charge is -2.18. The Hall–Kier alpha value is -3.02. The average Bonchev–Trinajstić information content (AvgIpc) is 3.05. The maximum absolute atomic E-state index is 12.8. The third-order valence-corrected chi connectivity index (χ3v) is 4.91. The van der Waals surface area contributed by atoms with E-state index in [0.29, 0.717) is 36.0 Å². The van der Waals surface area contributed by atoms with Gasteiger partial charge in [-0.1, -0.05) is 26.0 Å². The summed E-state index contributed by atoms with van der Waals surface area (Å²) in [6.07, 6.45) is 0.473. The normalized spacial score (nSPS) is 16.7. The third kappa shape index (κ3) is 3.89. The molecule has 142 valence electrons. The zero-order chi connectivity index (χ0) is 19.6. The fraction of sp³-hybridized carbons (Fsp3) is 0.333. The molecule has 1 fully saturated rings. The van der Waals surface area contributed by atoms with Crippen molar-refractivity contribution in [1.82, 2.24) is 0 Å². The molecule has 1 saturated heterocycles. The molecule has 1 aliphatic heterocycles. The number of nitrogens with two attached hydrogens (primary N) is 1. The molecule has 0 bridgehead atoms. The minimum Gasteiger partial charge on any atom is -0.497 e. The number of ether oxygens (including phenoxy) is 1. The number of amides is 2. The van der Waals surface area contributed by atoms with Crippen molar-refractivity contribution < 1.29 is 14.3 Å². The van der Waals surface area contributed by atoms with E-state index in [9.17, 15) is 9.59 Å². The number of nitrogens with zero attached hydrogens (tertiary/aromatic N) is 1. The molecule has 2 amide bonds. The monoisotopic (exact) mass is 367 g/mol. The highest BCUT2D eigenvalue weighted by Gasteiger charge is 2.37. The van der Waals surface area contributed by atoms with Gasteiger partial charge in [-0.25, -0.2) is 0 Å². The van der Waals surface area contributed by atoms with Crippen LogP contribution in [0.5, 0.6) is 5.75 Å². The molecular formula is C21H25N3O3. The maximum Gasteiger partial charge on any atom is 0.239 e. The standard InChI is InChI=1S/C21H25N3O3/c1-13(2)14-4-6-15(7-5-14)24-11-10-17(21(24)26)20(25)23-19-12-16(27-3)8-9-18(19)22/h4-9,12-13,17H,10-11,22H2,1-3H3,(H,23,25). The first-order chi connectivity index (χ1) is 12.9. The van der Waals surface area contributed by atoms with E-state index in [0.717, 1.165) is 5.69 Å². The van der Waals surface area contributed by atoms with E-state index >= 15 is 0 Å². The summed E-state index contributed by atoms with van der Waals surface area (Å²) in [6.45, 7) is 4.77. The van der Waals surface area contributed by atoms with E-state index < -0.39 is 5.92 Å². The maximum atomic E-state index is 12.8. The first-order valence-electron chi connectivity index (χ1n) is 9.06. The van der Waals surface area contributed by atoms with E-state index in [2.05, 4.69) is 19.2 Å². The first kappa shape index (κ1) is 18.8. The molecule has 2 aromatic carbocycles. The summed E-state index contributed by atoms with van der Waals surface area (Å²) in [7, 11) is 1.54. The number of hydrogen-bond acceptors (Lipinski definition) is 4. The van der Waals surface area contributed by atoms with Gasteiger partial charge in [0.05, 0.1) is 18.5 Å². The lowest BCUT2D eigenvalue weighted by molar-refractivity contribution is -0.129. The van der Waals surface area contributed by atoms with Crippen molar-refractivity contribution in [2.75, 3.05) is 29.6 Å². The van der Waals surface area contributed by atoms with Crippen LogP contribution in [0.15, 0.2) is 42.5 Å². The fourth-order valence-corrected chi connectivity index (χ4v) is 3.21. The van der Waals surface area contributed by atoms with E-state index in [1.54, 1.807) is 30.2 Å². The number of nitrogen functional groups attached to an aromatic ring is 1. The van der Waals surface area contributed by atoms with Crippen molar-refractivity contribution in [3.63, 3.8) is 0 Å². The lowest BCUT2D eigenvalue weighted by atomic mass is 10.0. The van der Waals surface area contributed by atoms with Gasteiger partial charge in [-0.05, 0) is 42.2 Å². The number of carbonyl (C=O) groups is 2. The second-order valence-electron chi connectivity index (χ2n) is 7.02. The van der Waals surface area contributed by atoms with Crippen molar-refractivity contribution in [2.24, 2.45) is 5.92 Å². The van der Waals surface area contributed by atoms with E-state index in [1.807, 2.05) is 24.3 Å². The van der Waals surface area contributed by atoms with Crippen molar-refractivity contribution in [1.29, 1.82) is 0 Å². The van der Waals surface area contributed by atoms with Crippen LogP contribution in [0, 0.1) is 5.92 Å². The summed E-state index contributed by atoms with van der Waals surface area (Å²) in [4.78, 5) is 27.1. The minimum atomic E-state index is -0.722. The van der Waals surface area contributed by atoms with E-state index in [-0.39, 0.29) is 11.8 Å². The lowest BCUT2D eigenvalue weighted by Crippen LogP contribution is -2.33. The summed E-state index contributed by atoms with van der Waals surface area (Å²) < 4.78 is 5.16. The number of rotatable bonds is 5. The molecule has 1 aliphatic rings. The van der Waals surface area contributed by atoms with E-state index in [4.69, 9.17) is 10.5 Å². The Morgan fingerprint density at radius 2 is 1.93 bits per heavy atom. The van der Waals surface area contributed by atoms with Gasteiger partial charge in [-0.15, -0.1) is 0 Å². The quantitative estimate of drug-likeness (QED) is 0.627. The Kier molecular flexibility index (Phi) is 5.35. The number of anilines is 3. The Morgan fingerprint density at radius 3 is 2.56 bits per heavy atom. The molecule has 0 aromatic heterocycles. The predicted molar refractivity (Wildman–Crippen MR) is 107 cm³/mol. The molecule has 27 heavy (non-hydrogen) atoms. The Morgan fingerprint density at radius 1 is 1.22 bits per heavy atom. The molecule has 0 spiro atoms. The second-order valence-corrected chi connectivity index (χ2v) is 7.02. The van der Waals surface area contributed by atoms with Crippen molar-refractivity contribution in [3.8, 4) is 5.75 Å². The topological polar surface area (TPSA) is 84.7 Å². The van der Waals surface area contributed by atoms with Crippen LogP contribution < -0.4 is 20.7 Å². The average molecular weight is 367 g/mol. The highest BCUT2D eigenvalue weighted by Crippen LogP contribution is 2.29. The smallest absolute Gasteiger partial charge is 0.239 e. The van der Waals surface area contributed by atoms with Crippen LogP contribution in [0.3, 0.4) is 0 Å². The Balaban J connectivity index is 1.72. The van der Waals surface area contributed by atoms with Crippen LogP contribution in [0.4, 0.5) is 17.1 Å². The van der Waals surface area contributed by atoms with Crippen LogP contribution in [0.2, 0.25) is 0 Å². The van der Waals surface area contributed by atoms with Gasteiger partial charge in [0.25, 0.3) is 0 Å². The summed E-state index contributed by atoms with van der Waals surface area (Å²) >= 11 is 0. The number of hydrogen-bond donors (Lipinski definition) is 2. The number of nitrogens with one attached hydrogen (secondary N) is 1. The fourth-order valence-electron chi connectivity index (χ4n) is 3.21. The summed E-state index contributed by atoms with van der Waals surface area (Å²) in [5.41, 5.74) is 8.83.